The molecule has 1 aromatic carbocycles. The Morgan fingerprint density at radius 1 is 1.57 bits per heavy atom. The van der Waals surface area contributed by atoms with E-state index >= 15 is 0 Å². The van der Waals surface area contributed by atoms with Gasteiger partial charge in [-0.3, -0.25) is 0 Å². The van der Waals surface area contributed by atoms with Gasteiger partial charge in [0.2, 0.25) is 0 Å². The fraction of sp³-hybridized carbons (Fsp3) is 0.222. The molecule has 0 aliphatic heterocycles. The van der Waals surface area contributed by atoms with Gasteiger partial charge in [0.15, 0.2) is 6.10 Å². The molecule has 4 nitrogen and oxygen atoms in total. The van der Waals surface area contributed by atoms with Gasteiger partial charge in [-0.05, 0) is 33.6 Å². The van der Waals surface area contributed by atoms with Gasteiger partial charge in [0, 0.05) is 0 Å². The third-order valence-corrected chi connectivity index (χ3v) is 2.35. The van der Waals surface area contributed by atoms with Crippen LogP contribution in [0.3, 0.4) is 0 Å². The lowest BCUT2D eigenvalue weighted by atomic mass is 10.1. The first kappa shape index (κ1) is 11.0. The molecular formula is C9H9BrO4. The standard InChI is InChI=1S/C9H9BrO4/c1-14-7-3-2-5(4-6(7)10)8(11)9(12)13/h2-4,8,11H,1H3,(H,12,13)/t8-/m1/s1. The van der Waals surface area contributed by atoms with Crippen LogP contribution in [0.5, 0.6) is 5.75 Å². The molecule has 0 aliphatic rings. The lowest BCUT2D eigenvalue weighted by Crippen LogP contribution is -2.10. The molecule has 2 N–H and O–H groups in total. The quantitative estimate of drug-likeness (QED) is 0.866. The van der Waals surface area contributed by atoms with E-state index in [0.29, 0.717) is 15.8 Å². The van der Waals surface area contributed by atoms with Crippen LogP contribution in [0.4, 0.5) is 0 Å². The molecule has 0 bridgehead atoms. The number of aliphatic hydroxyl groups excluding tert-OH is 1. The van der Waals surface area contributed by atoms with Gasteiger partial charge in [0.05, 0.1) is 11.6 Å². The summed E-state index contributed by atoms with van der Waals surface area (Å²) in [5.41, 5.74) is 0.310. The molecule has 0 heterocycles. The second-order valence-electron chi connectivity index (χ2n) is 2.63. The topological polar surface area (TPSA) is 66.8 Å². The first-order chi connectivity index (χ1) is 6.56. The predicted octanol–water partition coefficient (Wildman–Crippen LogP) is 1.58. The molecule has 1 rings (SSSR count). The zero-order chi connectivity index (χ0) is 10.7. The van der Waals surface area contributed by atoms with E-state index in [9.17, 15) is 9.90 Å². The summed E-state index contributed by atoms with van der Waals surface area (Å²) in [6.45, 7) is 0. The zero-order valence-electron chi connectivity index (χ0n) is 7.40. The maximum Gasteiger partial charge on any atom is 0.337 e. The molecule has 0 aromatic heterocycles. The molecule has 0 radical (unpaired) electrons. The van der Waals surface area contributed by atoms with Crippen LogP contribution in [0.2, 0.25) is 0 Å². The molecule has 76 valence electrons. The number of aliphatic carboxylic acids is 1. The van der Waals surface area contributed by atoms with Crippen LogP contribution in [0.25, 0.3) is 0 Å². The van der Waals surface area contributed by atoms with E-state index in [1.165, 1.54) is 19.2 Å². The number of carboxylic acids is 1. The first-order valence-electron chi connectivity index (χ1n) is 3.80. The summed E-state index contributed by atoms with van der Waals surface area (Å²) < 4.78 is 5.57. The number of hydrogen-bond acceptors (Lipinski definition) is 3. The minimum atomic E-state index is -1.50. The molecule has 0 saturated heterocycles. The molecule has 14 heavy (non-hydrogen) atoms. The molecule has 0 amide bonds. The highest BCUT2D eigenvalue weighted by atomic mass is 79.9. The van der Waals surface area contributed by atoms with E-state index in [1.807, 2.05) is 0 Å². The highest BCUT2D eigenvalue weighted by molar-refractivity contribution is 9.10. The summed E-state index contributed by atoms with van der Waals surface area (Å²) >= 11 is 3.20. The van der Waals surface area contributed by atoms with Crippen LogP contribution in [0.1, 0.15) is 11.7 Å². The number of carboxylic acid groups (broad SMARTS) is 1. The maximum atomic E-state index is 10.5. The van der Waals surface area contributed by atoms with Crippen LogP contribution in [-0.2, 0) is 4.79 Å². The molecule has 0 spiro atoms. The number of halogens is 1. The van der Waals surface area contributed by atoms with Crippen molar-refractivity contribution in [2.75, 3.05) is 7.11 Å². The number of hydrogen-bond donors (Lipinski definition) is 2. The summed E-state index contributed by atoms with van der Waals surface area (Å²) in [6.07, 6.45) is -1.50. The van der Waals surface area contributed by atoms with Gasteiger partial charge in [-0.15, -0.1) is 0 Å². The fourth-order valence-corrected chi connectivity index (χ4v) is 1.55. The molecular weight excluding hydrogens is 252 g/mol. The number of methoxy groups -OCH3 is 1. The van der Waals surface area contributed by atoms with Gasteiger partial charge >= 0.3 is 5.97 Å². The second kappa shape index (κ2) is 4.43. The number of rotatable bonds is 3. The Morgan fingerprint density at radius 2 is 2.21 bits per heavy atom. The zero-order valence-corrected chi connectivity index (χ0v) is 8.98. The summed E-state index contributed by atoms with van der Waals surface area (Å²) in [4.78, 5) is 10.5. The van der Waals surface area contributed by atoms with Crippen LogP contribution < -0.4 is 4.74 Å². The SMILES string of the molecule is COc1ccc([C@@H](O)C(=O)O)cc1Br. The van der Waals surface area contributed by atoms with Crippen molar-refractivity contribution in [3.05, 3.63) is 28.2 Å². The van der Waals surface area contributed by atoms with Crippen molar-refractivity contribution in [3.63, 3.8) is 0 Å². The summed E-state index contributed by atoms with van der Waals surface area (Å²) in [6, 6.07) is 4.60. The fourth-order valence-electron chi connectivity index (χ4n) is 0.995. The minimum Gasteiger partial charge on any atom is -0.496 e. The van der Waals surface area contributed by atoms with E-state index in [-0.39, 0.29) is 0 Å². The molecule has 0 unspecified atom stereocenters. The van der Waals surface area contributed by atoms with E-state index in [4.69, 9.17) is 9.84 Å². The maximum absolute atomic E-state index is 10.5. The second-order valence-corrected chi connectivity index (χ2v) is 3.49. The Bertz CT molecular complexity index is 351. The minimum absolute atomic E-state index is 0.310. The smallest absolute Gasteiger partial charge is 0.337 e. The summed E-state index contributed by atoms with van der Waals surface area (Å²) in [5, 5.41) is 17.8. The number of ether oxygens (including phenoxy) is 1. The highest BCUT2D eigenvalue weighted by Gasteiger charge is 2.16. The monoisotopic (exact) mass is 260 g/mol. The Hall–Kier alpha value is -1.07. The van der Waals surface area contributed by atoms with Crippen LogP contribution in [0.15, 0.2) is 22.7 Å². The van der Waals surface area contributed by atoms with E-state index in [1.54, 1.807) is 6.07 Å². The van der Waals surface area contributed by atoms with Crippen molar-refractivity contribution in [2.45, 2.75) is 6.10 Å². The molecule has 1 atom stereocenters. The van der Waals surface area contributed by atoms with Crippen molar-refractivity contribution in [2.24, 2.45) is 0 Å². The third kappa shape index (κ3) is 2.24. The van der Waals surface area contributed by atoms with Crippen LogP contribution >= 0.6 is 15.9 Å². The predicted molar refractivity (Wildman–Crippen MR) is 53.3 cm³/mol. The van der Waals surface area contributed by atoms with Crippen molar-refractivity contribution in [1.29, 1.82) is 0 Å². The molecule has 0 saturated carbocycles. The average Bonchev–Trinajstić information content (AvgIpc) is 2.16. The Morgan fingerprint density at radius 3 is 2.64 bits per heavy atom. The number of benzene rings is 1. The lowest BCUT2D eigenvalue weighted by Gasteiger charge is -2.08. The van der Waals surface area contributed by atoms with Crippen LogP contribution in [-0.4, -0.2) is 23.3 Å². The molecule has 0 fully saturated rings. The summed E-state index contributed by atoms with van der Waals surface area (Å²) in [5.74, 6) is -0.687. The van der Waals surface area contributed by atoms with Crippen LogP contribution in [0, 0.1) is 0 Å². The van der Waals surface area contributed by atoms with Gasteiger partial charge in [-0.25, -0.2) is 4.79 Å². The Balaban J connectivity index is 3.02. The first-order valence-corrected chi connectivity index (χ1v) is 4.60. The van der Waals surface area contributed by atoms with Crippen molar-refractivity contribution in [3.8, 4) is 5.75 Å². The van der Waals surface area contributed by atoms with Gasteiger partial charge in [0.25, 0.3) is 0 Å². The number of aliphatic hydroxyl groups is 1. The van der Waals surface area contributed by atoms with E-state index < -0.39 is 12.1 Å². The van der Waals surface area contributed by atoms with Gasteiger partial charge < -0.3 is 14.9 Å². The molecule has 1 aromatic rings. The van der Waals surface area contributed by atoms with Crippen molar-refractivity contribution < 1.29 is 19.7 Å². The molecule has 0 aliphatic carbocycles. The van der Waals surface area contributed by atoms with E-state index in [2.05, 4.69) is 15.9 Å². The largest absolute Gasteiger partial charge is 0.496 e. The van der Waals surface area contributed by atoms with E-state index in [0.717, 1.165) is 0 Å². The normalized spacial score (nSPS) is 12.2. The Kier molecular flexibility index (Phi) is 3.49. The third-order valence-electron chi connectivity index (χ3n) is 1.73. The van der Waals surface area contributed by atoms with Gasteiger partial charge in [-0.1, -0.05) is 6.07 Å². The lowest BCUT2D eigenvalue weighted by molar-refractivity contribution is -0.146. The Labute approximate surface area is 89.3 Å². The van der Waals surface area contributed by atoms with Crippen molar-refractivity contribution in [1.82, 2.24) is 0 Å². The molecule has 5 heteroatoms. The van der Waals surface area contributed by atoms with Gasteiger partial charge in [0.1, 0.15) is 5.75 Å². The highest BCUT2D eigenvalue weighted by Crippen LogP contribution is 2.27. The number of carbonyl (C=O) groups is 1. The average molecular weight is 261 g/mol. The van der Waals surface area contributed by atoms with Gasteiger partial charge in [-0.2, -0.15) is 0 Å². The van der Waals surface area contributed by atoms with Crippen molar-refractivity contribution >= 4 is 21.9 Å². The summed E-state index contributed by atoms with van der Waals surface area (Å²) in [7, 11) is 1.51.